The van der Waals surface area contributed by atoms with E-state index >= 15 is 0 Å². The SMILES string of the molecule is C#C[C@@H]1CO[C@H](CCc2ccccc2NC(=O)[C@@H](NC(=O)OC)C(c2ccccc2)c2ccccc2)CN1C(=O)OC(C)(C)C. The van der Waals surface area contributed by atoms with Crippen LogP contribution >= 0.6 is 0 Å². The number of morpholine rings is 1. The molecular formula is C36H41N3O6. The Balaban J connectivity index is 1.53. The summed E-state index contributed by atoms with van der Waals surface area (Å²) in [7, 11) is 1.27. The minimum atomic E-state index is -0.986. The number of nitrogens with zero attached hydrogens (tertiary/aromatic N) is 1. The van der Waals surface area contributed by atoms with Crippen LogP contribution in [0.1, 0.15) is 49.8 Å². The molecular weight excluding hydrogens is 570 g/mol. The van der Waals surface area contributed by atoms with Crippen molar-refractivity contribution in [2.45, 2.75) is 63.3 Å². The van der Waals surface area contributed by atoms with Crippen LogP contribution in [0.4, 0.5) is 15.3 Å². The zero-order chi connectivity index (χ0) is 32.4. The molecule has 9 nitrogen and oxygen atoms in total. The van der Waals surface area contributed by atoms with Gasteiger partial charge in [0.15, 0.2) is 0 Å². The average molecular weight is 612 g/mol. The zero-order valence-corrected chi connectivity index (χ0v) is 26.2. The Kier molecular flexibility index (Phi) is 11.2. The number of anilines is 1. The predicted octanol–water partition coefficient (Wildman–Crippen LogP) is 5.75. The van der Waals surface area contributed by atoms with Crippen molar-refractivity contribution >= 4 is 23.8 Å². The Hall–Kier alpha value is -4.81. The summed E-state index contributed by atoms with van der Waals surface area (Å²) in [5, 5.41) is 5.83. The first kappa shape index (κ1) is 33.1. The van der Waals surface area contributed by atoms with E-state index in [1.54, 1.807) is 4.90 Å². The number of alkyl carbamates (subject to hydrolysis) is 1. The summed E-state index contributed by atoms with van der Waals surface area (Å²) < 4.78 is 16.5. The van der Waals surface area contributed by atoms with Crippen molar-refractivity contribution in [2.75, 3.05) is 25.6 Å². The van der Waals surface area contributed by atoms with Gasteiger partial charge in [-0.3, -0.25) is 9.69 Å². The van der Waals surface area contributed by atoms with Gasteiger partial charge in [0.1, 0.15) is 17.7 Å². The number of rotatable bonds is 9. The lowest BCUT2D eigenvalue weighted by Gasteiger charge is -2.38. The second kappa shape index (κ2) is 15.3. The van der Waals surface area contributed by atoms with Gasteiger partial charge in [-0.25, -0.2) is 9.59 Å². The molecule has 0 saturated carbocycles. The minimum Gasteiger partial charge on any atom is -0.453 e. The van der Waals surface area contributed by atoms with E-state index in [2.05, 4.69) is 16.6 Å². The fraction of sp³-hybridized carbons (Fsp3) is 0.361. The molecule has 9 heteroatoms. The topological polar surface area (TPSA) is 106 Å². The Morgan fingerprint density at radius 3 is 2.16 bits per heavy atom. The first-order valence-corrected chi connectivity index (χ1v) is 15.0. The molecule has 4 rings (SSSR count). The second-order valence-electron chi connectivity index (χ2n) is 11.9. The Morgan fingerprint density at radius 2 is 1.58 bits per heavy atom. The molecule has 2 N–H and O–H groups in total. The molecule has 1 fully saturated rings. The van der Waals surface area contributed by atoms with E-state index in [-0.39, 0.29) is 12.7 Å². The maximum atomic E-state index is 14.0. The lowest BCUT2D eigenvalue weighted by Crippen LogP contribution is -2.53. The summed E-state index contributed by atoms with van der Waals surface area (Å²) in [6.45, 7) is 5.93. The van der Waals surface area contributed by atoms with Gasteiger partial charge in [0.25, 0.3) is 0 Å². The van der Waals surface area contributed by atoms with Gasteiger partial charge in [-0.2, -0.15) is 0 Å². The fourth-order valence-electron chi connectivity index (χ4n) is 5.32. The molecule has 0 aliphatic carbocycles. The molecule has 0 bridgehead atoms. The predicted molar refractivity (Wildman–Crippen MR) is 173 cm³/mol. The molecule has 3 atom stereocenters. The molecule has 1 aliphatic heterocycles. The van der Waals surface area contributed by atoms with Crippen molar-refractivity contribution in [3.8, 4) is 12.3 Å². The van der Waals surface area contributed by atoms with Crippen molar-refractivity contribution in [1.29, 1.82) is 0 Å². The summed E-state index contributed by atoms with van der Waals surface area (Å²) >= 11 is 0. The maximum Gasteiger partial charge on any atom is 0.411 e. The third kappa shape index (κ3) is 9.10. The molecule has 3 aromatic rings. The first-order chi connectivity index (χ1) is 21.6. The zero-order valence-electron chi connectivity index (χ0n) is 26.2. The number of amides is 3. The van der Waals surface area contributed by atoms with E-state index in [1.807, 2.05) is 106 Å². The number of methoxy groups -OCH3 is 1. The van der Waals surface area contributed by atoms with Crippen molar-refractivity contribution in [1.82, 2.24) is 10.2 Å². The minimum absolute atomic E-state index is 0.208. The highest BCUT2D eigenvalue weighted by atomic mass is 16.6. The number of para-hydroxylation sites is 1. The van der Waals surface area contributed by atoms with E-state index in [4.69, 9.17) is 20.6 Å². The van der Waals surface area contributed by atoms with Gasteiger partial charge in [-0.15, -0.1) is 6.42 Å². The van der Waals surface area contributed by atoms with Crippen molar-refractivity contribution in [3.05, 3.63) is 102 Å². The molecule has 1 heterocycles. The third-order valence-electron chi connectivity index (χ3n) is 7.49. The Labute approximate surface area is 265 Å². The molecule has 0 unspecified atom stereocenters. The van der Waals surface area contributed by atoms with Crippen LogP contribution in [-0.2, 0) is 25.4 Å². The average Bonchev–Trinajstić information content (AvgIpc) is 3.04. The summed E-state index contributed by atoms with van der Waals surface area (Å²) in [5.74, 6) is 1.74. The van der Waals surface area contributed by atoms with Gasteiger partial charge in [-0.05, 0) is 56.4 Å². The molecule has 45 heavy (non-hydrogen) atoms. The van der Waals surface area contributed by atoms with Crippen LogP contribution in [-0.4, -0.2) is 67.0 Å². The van der Waals surface area contributed by atoms with Gasteiger partial charge in [0.2, 0.25) is 5.91 Å². The van der Waals surface area contributed by atoms with Gasteiger partial charge < -0.3 is 24.8 Å². The van der Waals surface area contributed by atoms with Crippen LogP contribution in [0.5, 0.6) is 0 Å². The molecule has 1 saturated heterocycles. The molecule has 236 valence electrons. The van der Waals surface area contributed by atoms with E-state index in [9.17, 15) is 14.4 Å². The van der Waals surface area contributed by atoms with Gasteiger partial charge >= 0.3 is 12.2 Å². The Morgan fingerprint density at radius 1 is 0.978 bits per heavy atom. The van der Waals surface area contributed by atoms with Crippen LogP contribution in [0.3, 0.4) is 0 Å². The summed E-state index contributed by atoms with van der Waals surface area (Å²) in [6, 6.07) is 25.1. The quantitative estimate of drug-likeness (QED) is 0.299. The summed E-state index contributed by atoms with van der Waals surface area (Å²) in [6.07, 6.45) is 5.34. The lowest BCUT2D eigenvalue weighted by atomic mass is 9.84. The maximum absolute atomic E-state index is 14.0. The molecule has 3 aromatic carbocycles. The summed E-state index contributed by atoms with van der Waals surface area (Å²) in [5.41, 5.74) is 2.57. The summed E-state index contributed by atoms with van der Waals surface area (Å²) in [4.78, 5) is 41.0. The molecule has 0 radical (unpaired) electrons. The van der Waals surface area contributed by atoms with Crippen LogP contribution < -0.4 is 10.6 Å². The van der Waals surface area contributed by atoms with Crippen LogP contribution in [0.25, 0.3) is 0 Å². The van der Waals surface area contributed by atoms with Crippen molar-refractivity contribution < 1.29 is 28.6 Å². The van der Waals surface area contributed by atoms with Crippen molar-refractivity contribution in [3.63, 3.8) is 0 Å². The highest BCUT2D eigenvalue weighted by Crippen LogP contribution is 2.30. The van der Waals surface area contributed by atoms with Crippen molar-refractivity contribution in [2.24, 2.45) is 0 Å². The second-order valence-corrected chi connectivity index (χ2v) is 11.9. The third-order valence-corrected chi connectivity index (χ3v) is 7.49. The number of aryl methyl sites for hydroxylation is 1. The monoisotopic (exact) mass is 611 g/mol. The number of benzene rings is 3. The molecule has 0 aromatic heterocycles. The number of hydrogen-bond acceptors (Lipinski definition) is 6. The van der Waals surface area contributed by atoms with E-state index in [1.165, 1.54) is 7.11 Å². The largest absolute Gasteiger partial charge is 0.453 e. The number of hydrogen-bond donors (Lipinski definition) is 2. The van der Waals surface area contributed by atoms with Gasteiger partial charge in [0.05, 0.1) is 26.4 Å². The molecule has 1 aliphatic rings. The van der Waals surface area contributed by atoms with Gasteiger partial charge in [0, 0.05) is 11.6 Å². The lowest BCUT2D eigenvalue weighted by molar-refractivity contribution is -0.118. The number of carbonyl (C=O) groups is 3. The standard InChI is InChI=1S/C36H41N3O6/c1-6-28-24-44-29(23-39(28)35(42)45-36(2,3)4)22-21-25-15-13-14-20-30(25)37-33(40)32(38-34(41)43-5)31(26-16-9-7-10-17-26)27-18-11-8-12-19-27/h1,7-20,28-29,31-32H,21-24H2,2-5H3,(H,37,40)(H,38,41)/t28-,29-,32+/m1/s1. The number of terminal acetylenes is 1. The van der Waals surface area contributed by atoms with E-state index in [0.717, 1.165) is 16.7 Å². The normalized spacial score (nSPS) is 17.1. The highest BCUT2D eigenvalue weighted by Gasteiger charge is 2.35. The van der Waals surface area contributed by atoms with Crippen LogP contribution in [0.15, 0.2) is 84.9 Å². The molecule has 0 spiro atoms. The number of ether oxygens (including phenoxy) is 3. The molecule has 3 amide bonds. The number of nitrogens with one attached hydrogen (secondary N) is 2. The smallest absolute Gasteiger partial charge is 0.411 e. The number of carbonyl (C=O) groups excluding carboxylic acids is 3. The Bertz CT molecular complexity index is 1440. The van der Waals surface area contributed by atoms with Crippen LogP contribution in [0.2, 0.25) is 0 Å². The fourth-order valence-corrected chi connectivity index (χ4v) is 5.32. The van der Waals surface area contributed by atoms with E-state index in [0.29, 0.717) is 25.1 Å². The van der Waals surface area contributed by atoms with Crippen LogP contribution in [0, 0.1) is 12.3 Å². The van der Waals surface area contributed by atoms with Gasteiger partial charge in [-0.1, -0.05) is 84.8 Å². The highest BCUT2D eigenvalue weighted by molar-refractivity contribution is 5.98. The first-order valence-electron chi connectivity index (χ1n) is 15.0. The van der Waals surface area contributed by atoms with E-state index < -0.39 is 41.7 Å².